The Bertz CT molecular complexity index is 356. The van der Waals surface area contributed by atoms with E-state index < -0.39 is 0 Å². The highest BCUT2D eigenvalue weighted by atomic mass is 35.5. The van der Waals surface area contributed by atoms with Crippen molar-refractivity contribution in [2.45, 2.75) is 19.8 Å². The van der Waals surface area contributed by atoms with Crippen LogP contribution in [0.2, 0.25) is 5.02 Å². The molecule has 1 fully saturated rings. The number of pyridine rings is 1. The molecule has 0 saturated carbocycles. The van der Waals surface area contributed by atoms with Crippen molar-refractivity contribution in [2.24, 2.45) is 5.92 Å². The Hall–Kier alpha value is -0.830. The Kier molecular flexibility index (Phi) is 3.10. The third-order valence-electron chi connectivity index (χ3n) is 2.95. The monoisotopic (exact) mass is 228 g/mol. The molecule has 2 rings (SSSR count). The van der Waals surface area contributed by atoms with Gasteiger partial charge >= 0.3 is 0 Å². The lowest BCUT2D eigenvalue weighted by Gasteiger charge is -2.17. The van der Waals surface area contributed by atoms with Gasteiger partial charge in [-0.15, -0.1) is 0 Å². The lowest BCUT2D eigenvalue weighted by atomic mass is 10.1. The molecule has 1 aromatic heterocycles. The first-order valence-corrected chi connectivity index (χ1v) is 5.64. The molecular weight excluding hydrogens is 215 g/mol. The molecule has 15 heavy (non-hydrogen) atoms. The summed E-state index contributed by atoms with van der Waals surface area (Å²) in [6.45, 7) is 3.96. The van der Waals surface area contributed by atoms with Crippen molar-refractivity contribution in [3.8, 4) is 0 Å². The summed E-state index contributed by atoms with van der Waals surface area (Å²) in [7, 11) is 0. The molecule has 1 atom stereocenters. The Morgan fingerprint density at radius 3 is 3.07 bits per heavy atom. The number of hydrogen-bond donors (Lipinski definition) is 0. The van der Waals surface area contributed by atoms with Crippen LogP contribution in [0.5, 0.6) is 0 Å². The summed E-state index contributed by atoms with van der Waals surface area (Å²) < 4.78 is 13.5. The minimum absolute atomic E-state index is 0.320. The minimum atomic E-state index is -0.320. The second kappa shape index (κ2) is 4.35. The maximum atomic E-state index is 13.5. The summed E-state index contributed by atoms with van der Waals surface area (Å²) in [5, 5.41) is 0.350. The van der Waals surface area contributed by atoms with Crippen molar-refractivity contribution in [2.75, 3.05) is 18.0 Å². The highest BCUT2D eigenvalue weighted by molar-refractivity contribution is 6.30. The third-order valence-corrected chi connectivity index (χ3v) is 3.16. The predicted molar refractivity (Wildman–Crippen MR) is 59.8 cm³/mol. The van der Waals surface area contributed by atoms with E-state index in [1.54, 1.807) is 0 Å². The Morgan fingerprint density at radius 1 is 1.67 bits per heavy atom. The number of hydrogen-bond acceptors (Lipinski definition) is 2. The van der Waals surface area contributed by atoms with Crippen LogP contribution in [0.4, 0.5) is 10.2 Å². The molecule has 0 bridgehead atoms. The zero-order valence-electron chi connectivity index (χ0n) is 8.71. The highest BCUT2D eigenvalue weighted by Crippen LogP contribution is 2.26. The zero-order valence-corrected chi connectivity index (χ0v) is 9.47. The van der Waals surface area contributed by atoms with Crippen LogP contribution >= 0.6 is 11.6 Å². The van der Waals surface area contributed by atoms with E-state index in [0.29, 0.717) is 16.8 Å². The Balaban J connectivity index is 2.17. The second-order valence-electron chi connectivity index (χ2n) is 3.97. The largest absolute Gasteiger partial charge is 0.354 e. The van der Waals surface area contributed by atoms with Crippen LogP contribution in [0, 0.1) is 11.7 Å². The van der Waals surface area contributed by atoms with Gasteiger partial charge in [-0.05, 0) is 18.4 Å². The van der Waals surface area contributed by atoms with E-state index in [2.05, 4.69) is 11.9 Å². The summed E-state index contributed by atoms with van der Waals surface area (Å²) >= 11 is 5.66. The van der Waals surface area contributed by atoms with E-state index in [1.807, 2.05) is 4.90 Å². The van der Waals surface area contributed by atoms with E-state index in [9.17, 15) is 4.39 Å². The van der Waals surface area contributed by atoms with E-state index in [1.165, 1.54) is 12.3 Å². The van der Waals surface area contributed by atoms with Crippen molar-refractivity contribution in [3.63, 3.8) is 0 Å². The summed E-state index contributed by atoms with van der Waals surface area (Å²) in [5.41, 5.74) is 0. The summed E-state index contributed by atoms with van der Waals surface area (Å²) in [6, 6.07) is 1.32. The van der Waals surface area contributed by atoms with Crippen LogP contribution in [0.3, 0.4) is 0 Å². The fourth-order valence-electron chi connectivity index (χ4n) is 2.00. The zero-order chi connectivity index (χ0) is 10.8. The smallest absolute Gasteiger partial charge is 0.167 e. The number of nitrogens with zero attached hydrogens (tertiary/aromatic N) is 2. The first kappa shape index (κ1) is 10.7. The molecule has 0 N–H and O–H groups in total. The van der Waals surface area contributed by atoms with Gasteiger partial charge in [0.05, 0.1) is 5.02 Å². The summed E-state index contributed by atoms with van der Waals surface area (Å²) in [5.74, 6) is 0.788. The molecule has 1 saturated heterocycles. The molecule has 0 aliphatic carbocycles. The second-order valence-corrected chi connectivity index (χ2v) is 4.40. The predicted octanol–water partition coefficient (Wildman–Crippen LogP) is 3.11. The Morgan fingerprint density at radius 2 is 2.47 bits per heavy atom. The van der Waals surface area contributed by atoms with Crippen molar-refractivity contribution in [1.29, 1.82) is 0 Å². The molecule has 0 spiro atoms. The van der Waals surface area contributed by atoms with Gasteiger partial charge in [0, 0.05) is 19.3 Å². The number of rotatable bonds is 2. The van der Waals surface area contributed by atoms with Gasteiger partial charge in [0.15, 0.2) is 11.6 Å². The van der Waals surface area contributed by atoms with Gasteiger partial charge in [0.2, 0.25) is 0 Å². The van der Waals surface area contributed by atoms with Crippen LogP contribution in [-0.4, -0.2) is 18.1 Å². The van der Waals surface area contributed by atoms with Gasteiger partial charge in [0.1, 0.15) is 0 Å². The molecule has 2 heterocycles. The fourth-order valence-corrected chi connectivity index (χ4v) is 2.14. The first-order chi connectivity index (χ1) is 7.20. The molecule has 82 valence electrons. The van der Waals surface area contributed by atoms with Gasteiger partial charge in [-0.2, -0.15) is 0 Å². The Labute approximate surface area is 94.1 Å². The standard InChI is InChI=1S/C11H14ClFN2/c1-2-8-3-4-15(7-8)11-10(13)5-9(12)6-14-11/h5-6,8H,2-4,7H2,1H3. The maximum absolute atomic E-state index is 13.5. The molecule has 0 radical (unpaired) electrons. The van der Waals surface area contributed by atoms with Gasteiger partial charge in [-0.25, -0.2) is 9.37 Å². The van der Waals surface area contributed by atoms with Gasteiger partial charge in [-0.1, -0.05) is 24.9 Å². The molecule has 2 nitrogen and oxygen atoms in total. The SMILES string of the molecule is CCC1CCN(c2ncc(Cl)cc2F)C1. The van der Waals surface area contributed by atoms with Crippen LogP contribution in [0.25, 0.3) is 0 Å². The lowest BCUT2D eigenvalue weighted by molar-refractivity contribution is 0.566. The molecule has 0 aromatic carbocycles. The first-order valence-electron chi connectivity index (χ1n) is 5.26. The molecule has 1 aromatic rings. The van der Waals surface area contributed by atoms with Crippen LogP contribution in [0.15, 0.2) is 12.3 Å². The summed E-state index contributed by atoms with van der Waals surface area (Å²) in [4.78, 5) is 6.05. The molecule has 0 amide bonds. The highest BCUT2D eigenvalue weighted by Gasteiger charge is 2.24. The van der Waals surface area contributed by atoms with Crippen LogP contribution < -0.4 is 4.90 Å². The van der Waals surface area contributed by atoms with Gasteiger partial charge in [-0.3, -0.25) is 0 Å². The fraction of sp³-hybridized carbons (Fsp3) is 0.545. The molecule has 1 aliphatic rings. The summed E-state index contributed by atoms with van der Waals surface area (Å²) in [6.07, 6.45) is 3.77. The van der Waals surface area contributed by atoms with Crippen molar-refractivity contribution in [3.05, 3.63) is 23.1 Å². The minimum Gasteiger partial charge on any atom is -0.354 e. The number of aromatic nitrogens is 1. The lowest BCUT2D eigenvalue weighted by Crippen LogP contribution is -2.21. The topological polar surface area (TPSA) is 16.1 Å². The maximum Gasteiger partial charge on any atom is 0.167 e. The van der Waals surface area contributed by atoms with Crippen molar-refractivity contribution < 1.29 is 4.39 Å². The average Bonchev–Trinajstić information content (AvgIpc) is 2.66. The number of halogens is 2. The molecule has 1 unspecified atom stereocenters. The van der Waals surface area contributed by atoms with Gasteiger partial charge in [0.25, 0.3) is 0 Å². The van der Waals surface area contributed by atoms with Gasteiger partial charge < -0.3 is 4.90 Å². The van der Waals surface area contributed by atoms with Crippen molar-refractivity contribution >= 4 is 17.4 Å². The average molecular weight is 229 g/mol. The normalized spacial score (nSPS) is 21.0. The van der Waals surface area contributed by atoms with E-state index >= 15 is 0 Å². The molecule has 1 aliphatic heterocycles. The van der Waals surface area contributed by atoms with E-state index in [4.69, 9.17) is 11.6 Å². The van der Waals surface area contributed by atoms with Crippen molar-refractivity contribution in [1.82, 2.24) is 4.98 Å². The van der Waals surface area contributed by atoms with E-state index in [0.717, 1.165) is 25.9 Å². The quantitative estimate of drug-likeness (QED) is 0.773. The third kappa shape index (κ3) is 2.23. The molecule has 4 heteroatoms. The number of anilines is 1. The van der Waals surface area contributed by atoms with E-state index in [-0.39, 0.29) is 5.82 Å². The van der Waals surface area contributed by atoms with Crippen LogP contribution in [0.1, 0.15) is 19.8 Å². The molecular formula is C11H14ClFN2. The van der Waals surface area contributed by atoms with Crippen LogP contribution in [-0.2, 0) is 0 Å².